The minimum atomic E-state index is -0.697. The van der Waals surface area contributed by atoms with Crippen LogP contribution in [0.3, 0.4) is 0 Å². The number of carbonyl (C=O) groups excluding carboxylic acids is 1. The Morgan fingerprint density at radius 2 is 1.70 bits per heavy atom. The van der Waals surface area contributed by atoms with E-state index in [1.807, 2.05) is 30.3 Å². The van der Waals surface area contributed by atoms with Gasteiger partial charge in [-0.3, -0.25) is 9.59 Å². The number of H-pyrrole nitrogens is 1. The van der Waals surface area contributed by atoms with Gasteiger partial charge in [0.05, 0.1) is 11.6 Å². The standard InChI is InChI=1S/C17H13N3O3/c21-15-12-8-4-5-9-13(12)16(22)19-14(15)17(23)20-18-10-11-6-2-1-3-7-11/h1-10,21H,(H,19,22)(H,20,23). The Kier molecular flexibility index (Phi) is 3.88. The van der Waals surface area contributed by atoms with E-state index in [0.717, 1.165) is 5.56 Å². The molecule has 23 heavy (non-hydrogen) atoms. The normalized spacial score (nSPS) is 11.0. The number of fused-ring (bicyclic) bond motifs is 1. The third kappa shape index (κ3) is 2.96. The predicted octanol–water partition coefficient (Wildman–Crippen LogP) is 2.00. The van der Waals surface area contributed by atoms with Gasteiger partial charge in [0.25, 0.3) is 11.5 Å². The molecule has 1 aromatic heterocycles. The molecule has 0 saturated heterocycles. The van der Waals surface area contributed by atoms with Gasteiger partial charge in [-0.15, -0.1) is 0 Å². The maximum absolute atomic E-state index is 12.1. The van der Waals surface area contributed by atoms with Crippen LogP contribution < -0.4 is 11.0 Å². The van der Waals surface area contributed by atoms with E-state index in [0.29, 0.717) is 10.8 Å². The number of benzene rings is 2. The fourth-order valence-electron chi connectivity index (χ4n) is 2.19. The summed E-state index contributed by atoms with van der Waals surface area (Å²) in [6.07, 6.45) is 1.47. The molecule has 114 valence electrons. The van der Waals surface area contributed by atoms with Crippen LogP contribution in [-0.4, -0.2) is 22.2 Å². The first-order valence-corrected chi connectivity index (χ1v) is 6.89. The molecule has 0 aliphatic rings. The Bertz CT molecular complexity index is 946. The van der Waals surface area contributed by atoms with Crippen molar-refractivity contribution >= 4 is 22.9 Å². The first kappa shape index (κ1) is 14.5. The van der Waals surface area contributed by atoms with Crippen molar-refractivity contribution in [1.29, 1.82) is 0 Å². The molecule has 0 unspecified atom stereocenters. The summed E-state index contributed by atoms with van der Waals surface area (Å²) in [6, 6.07) is 15.7. The van der Waals surface area contributed by atoms with Gasteiger partial charge in [0.15, 0.2) is 11.4 Å². The number of rotatable bonds is 3. The molecule has 6 nitrogen and oxygen atoms in total. The van der Waals surface area contributed by atoms with Gasteiger partial charge >= 0.3 is 0 Å². The number of aromatic hydroxyl groups is 1. The zero-order valence-corrected chi connectivity index (χ0v) is 12.0. The molecular formula is C17H13N3O3. The monoisotopic (exact) mass is 307 g/mol. The molecule has 0 spiro atoms. The SMILES string of the molecule is O=C(NN=Cc1ccccc1)c1[nH]c(=O)c2ccccc2c1O. The van der Waals surface area contributed by atoms with E-state index in [1.54, 1.807) is 24.3 Å². The molecule has 3 N–H and O–H groups in total. The minimum Gasteiger partial charge on any atom is -0.505 e. The summed E-state index contributed by atoms with van der Waals surface area (Å²) >= 11 is 0. The average Bonchev–Trinajstić information content (AvgIpc) is 2.59. The maximum atomic E-state index is 12.1. The lowest BCUT2D eigenvalue weighted by Crippen LogP contribution is -2.22. The zero-order valence-electron chi connectivity index (χ0n) is 12.0. The number of hydrazone groups is 1. The van der Waals surface area contributed by atoms with Crippen molar-refractivity contribution in [2.75, 3.05) is 0 Å². The van der Waals surface area contributed by atoms with Gasteiger partial charge in [0.2, 0.25) is 0 Å². The largest absolute Gasteiger partial charge is 0.505 e. The van der Waals surface area contributed by atoms with Crippen LogP contribution in [0.15, 0.2) is 64.5 Å². The summed E-state index contributed by atoms with van der Waals surface area (Å²) in [5.41, 5.74) is 2.42. The number of carbonyl (C=O) groups is 1. The van der Waals surface area contributed by atoms with Gasteiger partial charge < -0.3 is 10.1 Å². The lowest BCUT2D eigenvalue weighted by atomic mass is 10.1. The molecule has 0 atom stereocenters. The molecule has 3 aromatic rings. The third-order valence-electron chi connectivity index (χ3n) is 3.31. The highest BCUT2D eigenvalue weighted by molar-refractivity contribution is 6.01. The van der Waals surface area contributed by atoms with Gasteiger partial charge in [-0.25, -0.2) is 5.43 Å². The molecule has 1 amide bonds. The van der Waals surface area contributed by atoms with Gasteiger partial charge in [-0.1, -0.05) is 48.5 Å². The number of aromatic nitrogens is 1. The quantitative estimate of drug-likeness (QED) is 0.510. The van der Waals surface area contributed by atoms with Crippen molar-refractivity contribution in [3.05, 3.63) is 76.2 Å². The zero-order chi connectivity index (χ0) is 16.2. The number of hydrogen-bond acceptors (Lipinski definition) is 4. The molecule has 0 aliphatic heterocycles. The smallest absolute Gasteiger partial charge is 0.291 e. The second-order valence-corrected chi connectivity index (χ2v) is 4.83. The fraction of sp³-hybridized carbons (Fsp3) is 0. The Balaban J connectivity index is 1.88. The van der Waals surface area contributed by atoms with Crippen LogP contribution in [0.4, 0.5) is 0 Å². The summed E-state index contributed by atoms with van der Waals surface area (Å²) in [4.78, 5) is 26.4. The van der Waals surface area contributed by atoms with Gasteiger partial charge in [-0.2, -0.15) is 5.10 Å². The van der Waals surface area contributed by atoms with Crippen molar-refractivity contribution in [3.63, 3.8) is 0 Å². The molecular weight excluding hydrogens is 294 g/mol. The predicted molar refractivity (Wildman–Crippen MR) is 87.7 cm³/mol. The van der Waals surface area contributed by atoms with Crippen molar-refractivity contribution in [1.82, 2.24) is 10.4 Å². The Labute approximate surface area is 131 Å². The molecule has 3 rings (SSSR count). The lowest BCUT2D eigenvalue weighted by Gasteiger charge is -2.06. The molecule has 6 heteroatoms. The summed E-state index contributed by atoms with van der Waals surface area (Å²) in [7, 11) is 0. The lowest BCUT2D eigenvalue weighted by molar-refractivity contribution is 0.0947. The number of pyridine rings is 1. The first-order chi connectivity index (χ1) is 11.2. The van der Waals surface area contributed by atoms with Crippen LogP contribution in [0, 0.1) is 0 Å². The van der Waals surface area contributed by atoms with Gasteiger partial charge in [-0.05, 0) is 11.6 Å². The summed E-state index contributed by atoms with van der Waals surface area (Å²) < 4.78 is 0. The highest BCUT2D eigenvalue weighted by atomic mass is 16.3. The summed E-state index contributed by atoms with van der Waals surface area (Å²) in [6.45, 7) is 0. The van der Waals surface area contributed by atoms with E-state index in [1.165, 1.54) is 6.21 Å². The number of amides is 1. The van der Waals surface area contributed by atoms with Crippen LogP contribution in [0.25, 0.3) is 10.8 Å². The van der Waals surface area contributed by atoms with Crippen LogP contribution in [0.1, 0.15) is 16.1 Å². The second kappa shape index (κ2) is 6.15. The van der Waals surface area contributed by atoms with Crippen LogP contribution in [-0.2, 0) is 0 Å². The Morgan fingerprint density at radius 3 is 2.43 bits per heavy atom. The van der Waals surface area contributed by atoms with E-state index < -0.39 is 11.5 Å². The van der Waals surface area contributed by atoms with E-state index in [4.69, 9.17) is 0 Å². The van der Waals surface area contributed by atoms with E-state index in [2.05, 4.69) is 15.5 Å². The van der Waals surface area contributed by atoms with Gasteiger partial charge in [0.1, 0.15) is 0 Å². The molecule has 0 saturated carbocycles. The fourth-order valence-corrected chi connectivity index (χ4v) is 2.19. The van der Waals surface area contributed by atoms with Gasteiger partial charge in [0, 0.05) is 5.39 Å². The maximum Gasteiger partial charge on any atom is 0.291 e. The van der Waals surface area contributed by atoms with Crippen molar-refractivity contribution < 1.29 is 9.90 Å². The van der Waals surface area contributed by atoms with Crippen LogP contribution in [0.2, 0.25) is 0 Å². The van der Waals surface area contributed by atoms with Crippen LogP contribution in [0.5, 0.6) is 5.75 Å². The molecule has 0 fully saturated rings. The Hall–Kier alpha value is -3.41. The molecule has 0 aliphatic carbocycles. The van der Waals surface area contributed by atoms with Crippen molar-refractivity contribution in [2.24, 2.45) is 5.10 Å². The minimum absolute atomic E-state index is 0.223. The van der Waals surface area contributed by atoms with E-state index in [-0.39, 0.29) is 11.4 Å². The molecule has 2 aromatic carbocycles. The van der Waals surface area contributed by atoms with Crippen molar-refractivity contribution in [3.8, 4) is 5.75 Å². The van der Waals surface area contributed by atoms with E-state index in [9.17, 15) is 14.7 Å². The van der Waals surface area contributed by atoms with Crippen LogP contribution >= 0.6 is 0 Å². The third-order valence-corrected chi connectivity index (χ3v) is 3.31. The number of nitrogens with zero attached hydrogens (tertiary/aromatic N) is 1. The topological polar surface area (TPSA) is 94.5 Å². The first-order valence-electron chi connectivity index (χ1n) is 6.89. The highest BCUT2D eigenvalue weighted by Crippen LogP contribution is 2.24. The molecule has 0 bridgehead atoms. The number of nitrogens with one attached hydrogen (secondary N) is 2. The number of hydrogen-bond donors (Lipinski definition) is 3. The van der Waals surface area contributed by atoms with E-state index >= 15 is 0 Å². The molecule has 1 heterocycles. The van der Waals surface area contributed by atoms with Crippen molar-refractivity contribution in [2.45, 2.75) is 0 Å². The average molecular weight is 307 g/mol. The Morgan fingerprint density at radius 1 is 1.04 bits per heavy atom. The summed E-state index contributed by atoms with van der Waals surface area (Å²) in [5, 5.41) is 14.6. The highest BCUT2D eigenvalue weighted by Gasteiger charge is 2.16. The number of aromatic amines is 1. The second-order valence-electron chi connectivity index (χ2n) is 4.83. The summed E-state index contributed by atoms with van der Waals surface area (Å²) in [5.74, 6) is -0.981. The molecule has 0 radical (unpaired) electrons.